The molecule has 8 heteroatoms. The highest BCUT2D eigenvalue weighted by molar-refractivity contribution is 14.0. The zero-order chi connectivity index (χ0) is 18.6. The van der Waals surface area contributed by atoms with Gasteiger partial charge in [-0.15, -0.1) is 24.0 Å². The van der Waals surface area contributed by atoms with E-state index in [1.165, 1.54) is 0 Å². The second kappa shape index (κ2) is 13.4. The van der Waals surface area contributed by atoms with Crippen LogP contribution < -0.4 is 16.0 Å². The van der Waals surface area contributed by atoms with Gasteiger partial charge in [0.2, 0.25) is 0 Å². The molecule has 0 aliphatic rings. The van der Waals surface area contributed by atoms with E-state index < -0.39 is 17.2 Å². The van der Waals surface area contributed by atoms with Gasteiger partial charge in [-0.25, -0.2) is 4.79 Å². The van der Waals surface area contributed by atoms with Crippen LogP contribution in [0, 0.1) is 0 Å². The predicted molar refractivity (Wildman–Crippen MR) is 114 cm³/mol. The molecular weight excluding hydrogens is 435 g/mol. The fourth-order valence-corrected chi connectivity index (χ4v) is 1.74. The van der Waals surface area contributed by atoms with Crippen molar-refractivity contribution in [3.05, 3.63) is 0 Å². The lowest BCUT2D eigenvalue weighted by Gasteiger charge is -2.29. The number of hydrogen-bond donors (Lipinski definition) is 3. The van der Waals surface area contributed by atoms with Gasteiger partial charge in [-0.3, -0.25) is 4.99 Å². The molecule has 0 rings (SSSR count). The number of amides is 1. The normalized spacial score (nSPS) is 12.2. The highest BCUT2D eigenvalue weighted by Crippen LogP contribution is 2.09. The first-order valence-corrected chi connectivity index (χ1v) is 8.63. The number of nitrogens with zero attached hydrogens (tertiary/aromatic N) is 1. The van der Waals surface area contributed by atoms with Crippen molar-refractivity contribution in [2.24, 2.45) is 4.99 Å². The molecule has 25 heavy (non-hydrogen) atoms. The molecule has 0 bridgehead atoms. The molecule has 0 spiro atoms. The number of unbranched alkanes of at least 4 members (excludes halogenated alkanes) is 1. The highest BCUT2D eigenvalue weighted by Gasteiger charge is 2.24. The van der Waals surface area contributed by atoms with Crippen LogP contribution in [0.25, 0.3) is 0 Å². The summed E-state index contributed by atoms with van der Waals surface area (Å²) in [5, 5.41) is 9.23. The van der Waals surface area contributed by atoms with Crippen molar-refractivity contribution in [3.63, 3.8) is 0 Å². The Morgan fingerprint density at radius 3 is 2.24 bits per heavy atom. The third-order valence-electron chi connectivity index (χ3n) is 2.94. The minimum atomic E-state index is -0.511. The zero-order valence-corrected chi connectivity index (χ0v) is 19.2. The molecular formula is C17H37IN4O3. The molecule has 0 unspecified atom stereocenters. The monoisotopic (exact) mass is 472 g/mol. The van der Waals surface area contributed by atoms with Crippen LogP contribution in [-0.4, -0.2) is 56.5 Å². The van der Waals surface area contributed by atoms with E-state index in [9.17, 15) is 4.79 Å². The number of ether oxygens (including phenoxy) is 2. The fourth-order valence-electron chi connectivity index (χ4n) is 1.74. The van der Waals surface area contributed by atoms with Crippen LogP contribution in [-0.2, 0) is 9.47 Å². The molecule has 0 heterocycles. The van der Waals surface area contributed by atoms with Gasteiger partial charge in [0.15, 0.2) is 5.96 Å². The summed E-state index contributed by atoms with van der Waals surface area (Å²) in [7, 11) is 1.71. The minimum absolute atomic E-state index is 0. The van der Waals surface area contributed by atoms with Crippen LogP contribution in [0.5, 0.6) is 0 Å². The van der Waals surface area contributed by atoms with Crippen molar-refractivity contribution >= 4 is 36.0 Å². The molecule has 0 atom stereocenters. The molecule has 0 aromatic heterocycles. The molecule has 0 aliphatic carbocycles. The maximum atomic E-state index is 11.9. The molecule has 7 nitrogen and oxygen atoms in total. The lowest BCUT2D eigenvalue weighted by molar-refractivity contribution is 0.0474. The molecule has 1 amide bonds. The maximum absolute atomic E-state index is 11.9. The van der Waals surface area contributed by atoms with Crippen molar-refractivity contribution in [2.45, 2.75) is 65.5 Å². The van der Waals surface area contributed by atoms with Crippen LogP contribution in [0.3, 0.4) is 0 Å². The Morgan fingerprint density at radius 2 is 1.72 bits per heavy atom. The van der Waals surface area contributed by atoms with Crippen LogP contribution in [0.2, 0.25) is 0 Å². The second-order valence-corrected chi connectivity index (χ2v) is 7.33. The number of carbonyl (C=O) groups is 1. The smallest absolute Gasteiger partial charge is 0.408 e. The average molecular weight is 472 g/mol. The molecule has 0 fully saturated rings. The second-order valence-electron chi connectivity index (χ2n) is 7.33. The minimum Gasteiger partial charge on any atom is -0.444 e. The van der Waals surface area contributed by atoms with Crippen LogP contribution >= 0.6 is 24.0 Å². The summed E-state index contributed by atoms with van der Waals surface area (Å²) < 4.78 is 10.8. The summed E-state index contributed by atoms with van der Waals surface area (Å²) in [4.78, 5) is 16.0. The van der Waals surface area contributed by atoms with Crippen molar-refractivity contribution < 1.29 is 14.3 Å². The van der Waals surface area contributed by atoms with E-state index in [1.807, 2.05) is 34.6 Å². The third kappa shape index (κ3) is 16.4. The number of aliphatic imine (C=N–C) groups is 1. The topological polar surface area (TPSA) is 84.0 Å². The first kappa shape index (κ1) is 26.5. The van der Waals surface area contributed by atoms with Gasteiger partial charge < -0.3 is 25.4 Å². The molecule has 0 aliphatic heterocycles. The van der Waals surface area contributed by atoms with Crippen LogP contribution in [0.1, 0.15) is 54.4 Å². The number of carbonyl (C=O) groups excluding carboxylic acids is 1. The zero-order valence-electron chi connectivity index (χ0n) is 16.8. The first-order valence-electron chi connectivity index (χ1n) is 8.63. The van der Waals surface area contributed by atoms with E-state index >= 15 is 0 Å². The van der Waals surface area contributed by atoms with E-state index in [4.69, 9.17) is 9.47 Å². The molecule has 0 aromatic rings. The van der Waals surface area contributed by atoms with E-state index in [2.05, 4.69) is 27.9 Å². The molecule has 0 aromatic carbocycles. The fraction of sp³-hybridized carbons (Fsp3) is 0.882. The van der Waals surface area contributed by atoms with Gasteiger partial charge in [-0.1, -0.05) is 13.3 Å². The number of hydrogen-bond acceptors (Lipinski definition) is 4. The molecule has 0 saturated heterocycles. The lowest BCUT2D eigenvalue weighted by atomic mass is 10.1. The van der Waals surface area contributed by atoms with Gasteiger partial charge in [0, 0.05) is 26.7 Å². The summed E-state index contributed by atoms with van der Waals surface area (Å²) in [6.45, 7) is 14.1. The molecule has 3 N–H and O–H groups in total. The Balaban J connectivity index is 0. The van der Waals surface area contributed by atoms with Gasteiger partial charge >= 0.3 is 6.09 Å². The Labute approximate surface area is 170 Å². The number of guanidine groups is 1. The summed E-state index contributed by atoms with van der Waals surface area (Å²) >= 11 is 0. The van der Waals surface area contributed by atoms with E-state index in [-0.39, 0.29) is 24.0 Å². The molecule has 150 valence electrons. The summed E-state index contributed by atoms with van der Waals surface area (Å²) in [6.07, 6.45) is 1.79. The molecule has 0 radical (unpaired) electrons. The van der Waals surface area contributed by atoms with Crippen molar-refractivity contribution in [3.8, 4) is 0 Å². The Hall–Kier alpha value is -0.770. The Bertz CT molecular complexity index is 396. The van der Waals surface area contributed by atoms with Crippen LogP contribution in [0.15, 0.2) is 4.99 Å². The lowest BCUT2D eigenvalue weighted by Crippen LogP contribution is -2.54. The largest absolute Gasteiger partial charge is 0.444 e. The number of rotatable bonds is 9. The predicted octanol–water partition coefficient (Wildman–Crippen LogP) is 2.89. The number of nitrogens with one attached hydrogen (secondary N) is 3. The van der Waals surface area contributed by atoms with Crippen molar-refractivity contribution in [1.82, 2.24) is 16.0 Å². The Morgan fingerprint density at radius 1 is 1.08 bits per heavy atom. The number of alkyl carbamates (subject to hydrolysis) is 1. The van der Waals surface area contributed by atoms with Gasteiger partial charge in [-0.2, -0.15) is 0 Å². The average Bonchev–Trinajstić information content (AvgIpc) is 2.43. The van der Waals surface area contributed by atoms with Gasteiger partial charge in [-0.05, 0) is 41.0 Å². The summed E-state index contributed by atoms with van der Waals surface area (Å²) in [5.74, 6) is 0.674. The van der Waals surface area contributed by atoms with Gasteiger partial charge in [0.1, 0.15) is 5.60 Å². The van der Waals surface area contributed by atoms with Crippen LogP contribution in [0.4, 0.5) is 4.79 Å². The van der Waals surface area contributed by atoms with E-state index in [0.29, 0.717) is 25.7 Å². The van der Waals surface area contributed by atoms with Gasteiger partial charge in [0.05, 0.1) is 12.1 Å². The van der Waals surface area contributed by atoms with Gasteiger partial charge in [0.25, 0.3) is 0 Å². The standard InChI is InChI=1S/C17H36N4O3.HI/c1-8-9-11-23-12-10-19-14(18-7)20-13-17(5,6)21-15(22)24-16(2,3)4;/h8-13H2,1-7H3,(H,21,22)(H2,18,19,20);1H. The summed E-state index contributed by atoms with van der Waals surface area (Å²) in [6, 6.07) is 0. The summed E-state index contributed by atoms with van der Waals surface area (Å²) in [5.41, 5.74) is -0.986. The van der Waals surface area contributed by atoms with E-state index in [1.54, 1.807) is 7.05 Å². The van der Waals surface area contributed by atoms with Crippen molar-refractivity contribution in [2.75, 3.05) is 33.4 Å². The first-order chi connectivity index (χ1) is 11.1. The van der Waals surface area contributed by atoms with Crippen molar-refractivity contribution in [1.29, 1.82) is 0 Å². The third-order valence-corrected chi connectivity index (χ3v) is 2.94. The SMILES string of the molecule is CCCCOCCNC(=NC)NCC(C)(C)NC(=O)OC(C)(C)C.I. The highest BCUT2D eigenvalue weighted by atomic mass is 127. The molecule has 0 saturated carbocycles. The van der Waals surface area contributed by atoms with E-state index in [0.717, 1.165) is 19.4 Å². The quantitative estimate of drug-likeness (QED) is 0.208. The Kier molecular flexibility index (Phi) is 14.2. The number of halogens is 1. The maximum Gasteiger partial charge on any atom is 0.408 e.